The molecule has 5 nitrogen and oxygen atoms in total. The van der Waals surface area contributed by atoms with Gasteiger partial charge in [-0.1, -0.05) is 18.2 Å². The monoisotopic (exact) mass is 369 g/mol. The van der Waals surface area contributed by atoms with Gasteiger partial charge >= 0.3 is 0 Å². The molecule has 142 valence electrons. The van der Waals surface area contributed by atoms with Crippen LogP contribution in [-0.2, 0) is 17.6 Å². The van der Waals surface area contributed by atoms with E-state index in [2.05, 4.69) is 11.4 Å². The van der Waals surface area contributed by atoms with Gasteiger partial charge in [0.25, 0.3) is 0 Å². The standard InChI is InChI=1S/C21H24FN3O2/c22-18-6-1-2-7-19(18)24-10-11-25(21(27)14-24)13-20(26)23-17-9-8-15-4-3-5-16(15)12-17/h1-2,6-9,12,21,27H,3-5,10-11,13-14H2,(H,23,26). The second-order valence-electron chi connectivity index (χ2n) is 7.23. The second-order valence-corrected chi connectivity index (χ2v) is 7.23. The smallest absolute Gasteiger partial charge is 0.238 e. The average Bonchev–Trinajstić information content (AvgIpc) is 3.11. The number of hydrogen-bond acceptors (Lipinski definition) is 4. The van der Waals surface area contributed by atoms with Gasteiger partial charge < -0.3 is 15.3 Å². The van der Waals surface area contributed by atoms with Gasteiger partial charge in [0.1, 0.15) is 12.0 Å². The summed E-state index contributed by atoms with van der Waals surface area (Å²) in [4.78, 5) is 15.9. The van der Waals surface area contributed by atoms with Crippen molar-refractivity contribution in [3.8, 4) is 0 Å². The lowest BCUT2D eigenvalue weighted by Crippen LogP contribution is -2.55. The minimum absolute atomic E-state index is 0.114. The van der Waals surface area contributed by atoms with E-state index in [1.54, 1.807) is 23.1 Å². The highest BCUT2D eigenvalue weighted by Gasteiger charge is 2.28. The van der Waals surface area contributed by atoms with E-state index in [1.807, 2.05) is 17.0 Å². The summed E-state index contributed by atoms with van der Waals surface area (Å²) in [5.41, 5.74) is 3.97. The minimum Gasteiger partial charge on any atom is -0.376 e. The third-order valence-corrected chi connectivity index (χ3v) is 5.38. The predicted octanol–water partition coefficient (Wildman–Crippen LogP) is 2.39. The third kappa shape index (κ3) is 3.96. The van der Waals surface area contributed by atoms with Crippen LogP contribution in [0.25, 0.3) is 0 Å². The first-order valence-electron chi connectivity index (χ1n) is 9.43. The van der Waals surface area contributed by atoms with Crippen molar-refractivity contribution in [2.75, 3.05) is 36.4 Å². The first-order valence-corrected chi connectivity index (χ1v) is 9.43. The molecule has 4 rings (SSSR count). The molecule has 1 amide bonds. The molecule has 0 saturated carbocycles. The lowest BCUT2D eigenvalue weighted by atomic mass is 10.1. The largest absolute Gasteiger partial charge is 0.376 e. The normalized spacial score (nSPS) is 19.8. The molecule has 27 heavy (non-hydrogen) atoms. The number of para-hydroxylation sites is 1. The molecule has 6 heteroatoms. The molecule has 1 heterocycles. The maximum absolute atomic E-state index is 13.9. The van der Waals surface area contributed by atoms with E-state index >= 15 is 0 Å². The van der Waals surface area contributed by atoms with Crippen LogP contribution in [-0.4, -0.2) is 48.3 Å². The Balaban J connectivity index is 1.33. The number of carbonyl (C=O) groups is 1. The molecule has 1 saturated heterocycles. The number of aliphatic hydroxyl groups is 1. The first-order chi connectivity index (χ1) is 13.1. The van der Waals surface area contributed by atoms with Gasteiger partial charge in [-0.15, -0.1) is 0 Å². The lowest BCUT2D eigenvalue weighted by Gasteiger charge is -2.39. The predicted molar refractivity (Wildman–Crippen MR) is 103 cm³/mol. The molecule has 2 aromatic carbocycles. The topological polar surface area (TPSA) is 55.8 Å². The number of rotatable bonds is 4. The highest BCUT2D eigenvalue weighted by Crippen LogP contribution is 2.25. The van der Waals surface area contributed by atoms with Gasteiger partial charge in [0.15, 0.2) is 0 Å². The fourth-order valence-electron chi connectivity index (χ4n) is 3.95. The molecule has 2 aromatic rings. The summed E-state index contributed by atoms with van der Waals surface area (Å²) in [6, 6.07) is 12.6. The van der Waals surface area contributed by atoms with Gasteiger partial charge in [-0.2, -0.15) is 0 Å². The zero-order valence-electron chi connectivity index (χ0n) is 15.2. The fourth-order valence-corrected chi connectivity index (χ4v) is 3.95. The van der Waals surface area contributed by atoms with E-state index < -0.39 is 6.23 Å². The van der Waals surface area contributed by atoms with Gasteiger partial charge in [0.2, 0.25) is 5.91 Å². The van der Waals surface area contributed by atoms with Crippen molar-refractivity contribution in [1.29, 1.82) is 0 Å². The molecule has 0 radical (unpaired) electrons. The molecule has 1 unspecified atom stereocenters. The summed E-state index contributed by atoms with van der Waals surface area (Å²) in [6.07, 6.45) is 2.53. The van der Waals surface area contributed by atoms with Crippen LogP contribution in [0.5, 0.6) is 0 Å². The summed E-state index contributed by atoms with van der Waals surface area (Å²) in [5, 5.41) is 13.3. The van der Waals surface area contributed by atoms with Crippen molar-refractivity contribution < 1.29 is 14.3 Å². The summed E-state index contributed by atoms with van der Waals surface area (Å²) in [5.74, 6) is -0.446. The SMILES string of the molecule is O=C(CN1CCN(c2ccccc2F)CC1O)Nc1ccc2c(c1)CCC2. The summed E-state index contributed by atoms with van der Waals surface area (Å²) >= 11 is 0. The number of aliphatic hydroxyl groups excluding tert-OH is 1. The van der Waals surface area contributed by atoms with E-state index in [0.717, 1.165) is 18.5 Å². The van der Waals surface area contributed by atoms with Gasteiger partial charge in [-0.05, 0) is 54.7 Å². The number of β-amino-alcohol motifs (C(OH)–C–C–N with tert-alkyl or cyclic N) is 1. The fraction of sp³-hybridized carbons (Fsp3) is 0.381. The Morgan fingerprint density at radius 1 is 1.15 bits per heavy atom. The van der Waals surface area contributed by atoms with Crippen LogP contribution >= 0.6 is 0 Å². The Morgan fingerprint density at radius 2 is 1.96 bits per heavy atom. The second kappa shape index (κ2) is 7.66. The molecule has 1 aliphatic carbocycles. The van der Waals surface area contributed by atoms with Gasteiger partial charge in [-0.25, -0.2) is 4.39 Å². The van der Waals surface area contributed by atoms with Crippen LogP contribution < -0.4 is 10.2 Å². The van der Waals surface area contributed by atoms with Crippen molar-refractivity contribution in [3.05, 3.63) is 59.4 Å². The van der Waals surface area contributed by atoms with Crippen LogP contribution in [0.1, 0.15) is 17.5 Å². The van der Waals surface area contributed by atoms with Crippen LogP contribution in [0.4, 0.5) is 15.8 Å². The molecule has 1 fully saturated rings. The van der Waals surface area contributed by atoms with Crippen molar-refractivity contribution >= 4 is 17.3 Å². The van der Waals surface area contributed by atoms with Crippen LogP contribution in [0.3, 0.4) is 0 Å². The average molecular weight is 369 g/mol. The molecular formula is C21H24FN3O2. The molecule has 0 bridgehead atoms. The summed E-state index contributed by atoms with van der Waals surface area (Å²) in [6.45, 7) is 1.44. The number of amides is 1. The Hall–Kier alpha value is -2.44. The molecule has 0 spiro atoms. The minimum atomic E-state index is -0.816. The van der Waals surface area contributed by atoms with E-state index in [1.165, 1.54) is 23.6 Å². The Kier molecular flexibility index (Phi) is 5.09. The maximum atomic E-state index is 13.9. The molecule has 2 aliphatic rings. The maximum Gasteiger partial charge on any atom is 0.238 e. The van der Waals surface area contributed by atoms with Crippen molar-refractivity contribution in [3.63, 3.8) is 0 Å². The number of carbonyl (C=O) groups excluding carboxylic acids is 1. The van der Waals surface area contributed by atoms with E-state index in [4.69, 9.17) is 0 Å². The lowest BCUT2D eigenvalue weighted by molar-refractivity contribution is -0.120. The number of fused-ring (bicyclic) bond motifs is 1. The van der Waals surface area contributed by atoms with Crippen molar-refractivity contribution in [2.45, 2.75) is 25.5 Å². The van der Waals surface area contributed by atoms with Crippen molar-refractivity contribution in [1.82, 2.24) is 4.90 Å². The molecular weight excluding hydrogens is 345 g/mol. The van der Waals surface area contributed by atoms with Crippen LogP contribution in [0.15, 0.2) is 42.5 Å². The van der Waals surface area contributed by atoms with E-state index in [-0.39, 0.29) is 24.8 Å². The van der Waals surface area contributed by atoms with Gasteiger partial charge in [0, 0.05) is 18.8 Å². The number of anilines is 2. The van der Waals surface area contributed by atoms with E-state index in [9.17, 15) is 14.3 Å². The van der Waals surface area contributed by atoms with Crippen molar-refractivity contribution in [2.24, 2.45) is 0 Å². The van der Waals surface area contributed by atoms with Gasteiger partial charge in [-0.3, -0.25) is 9.69 Å². The zero-order valence-corrected chi connectivity index (χ0v) is 15.2. The number of hydrogen-bond donors (Lipinski definition) is 2. The summed E-state index contributed by atoms with van der Waals surface area (Å²) in [7, 11) is 0. The van der Waals surface area contributed by atoms with Crippen LogP contribution in [0.2, 0.25) is 0 Å². The van der Waals surface area contributed by atoms with Crippen LogP contribution in [0, 0.1) is 5.82 Å². The number of benzene rings is 2. The first kappa shape index (κ1) is 17.9. The molecule has 1 atom stereocenters. The Bertz CT molecular complexity index is 842. The third-order valence-electron chi connectivity index (χ3n) is 5.38. The Labute approximate surface area is 158 Å². The number of piperazine rings is 1. The zero-order chi connectivity index (χ0) is 18.8. The highest BCUT2D eigenvalue weighted by molar-refractivity contribution is 5.92. The van der Waals surface area contributed by atoms with E-state index in [0.29, 0.717) is 18.8 Å². The number of nitrogens with one attached hydrogen (secondary N) is 1. The quantitative estimate of drug-likeness (QED) is 0.869. The molecule has 2 N–H and O–H groups in total. The number of aryl methyl sites for hydroxylation is 2. The molecule has 1 aliphatic heterocycles. The summed E-state index contributed by atoms with van der Waals surface area (Å²) < 4.78 is 13.9. The Morgan fingerprint density at radius 3 is 2.78 bits per heavy atom. The number of halogens is 1. The van der Waals surface area contributed by atoms with Gasteiger partial charge in [0.05, 0.1) is 18.8 Å². The number of nitrogens with zero attached hydrogens (tertiary/aromatic N) is 2. The molecule has 0 aromatic heterocycles. The highest BCUT2D eigenvalue weighted by atomic mass is 19.1.